The fourth-order valence-corrected chi connectivity index (χ4v) is 3.29. The summed E-state index contributed by atoms with van der Waals surface area (Å²) in [5.74, 6) is -0.412. The molecule has 0 saturated carbocycles. The molecule has 0 atom stereocenters. The average Bonchev–Trinajstić information content (AvgIpc) is 3.01. The molecule has 1 aromatic carbocycles. The van der Waals surface area contributed by atoms with Gasteiger partial charge in [-0.15, -0.1) is 11.3 Å². The average molecular weight is 375 g/mol. The fourth-order valence-electron chi connectivity index (χ4n) is 2.26. The number of carbonyl (C=O) groups excluding carboxylic acids is 1. The van der Waals surface area contributed by atoms with Gasteiger partial charge in [0.15, 0.2) is 5.13 Å². The number of benzene rings is 1. The lowest BCUT2D eigenvalue weighted by Gasteiger charge is -2.04. The Bertz CT molecular complexity index is 996. The second-order valence-corrected chi connectivity index (χ2v) is 6.98. The maximum Gasteiger partial charge on any atom is 0.277 e. The predicted molar refractivity (Wildman–Crippen MR) is 98.5 cm³/mol. The highest BCUT2D eigenvalue weighted by molar-refractivity contribution is 7.15. The Morgan fingerprint density at radius 1 is 1.32 bits per heavy atom. The maximum absolute atomic E-state index is 12.2. The van der Waals surface area contributed by atoms with Crippen molar-refractivity contribution in [1.82, 2.24) is 14.8 Å². The highest BCUT2D eigenvalue weighted by Crippen LogP contribution is 2.26. The molecular formula is C17H15ClN4O2S. The smallest absolute Gasteiger partial charge is 0.277 e. The van der Waals surface area contributed by atoms with Crippen LogP contribution in [0.5, 0.6) is 0 Å². The van der Waals surface area contributed by atoms with Gasteiger partial charge in [-0.3, -0.25) is 14.9 Å². The van der Waals surface area contributed by atoms with Gasteiger partial charge in [0.05, 0.1) is 0 Å². The van der Waals surface area contributed by atoms with Gasteiger partial charge in [0.1, 0.15) is 5.69 Å². The molecule has 128 valence electrons. The number of carbonyl (C=O) groups is 1. The summed E-state index contributed by atoms with van der Waals surface area (Å²) >= 11 is 7.69. The number of hydrogen-bond donors (Lipinski definition) is 1. The van der Waals surface area contributed by atoms with Crippen molar-refractivity contribution in [1.29, 1.82) is 0 Å². The van der Waals surface area contributed by atoms with Crippen molar-refractivity contribution in [3.8, 4) is 0 Å². The van der Waals surface area contributed by atoms with Crippen LogP contribution in [0.3, 0.4) is 0 Å². The van der Waals surface area contributed by atoms with E-state index in [0.717, 1.165) is 25.7 Å². The van der Waals surface area contributed by atoms with Gasteiger partial charge in [-0.25, -0.2) is 9.67 Å². The van der Waals surface area contributed by atoms with Crippen LogP contribution in [0.25, 0.3) is 0 Å². The van der Waals surface area contributed by atoms with E-state index in [2.05, 4.69) is 15.4 Å². The number of amides is 1. The van der Waals surface area contributed by atoms with Gasteiger partial charge in [-0.05, 0) is 24.1 Å². The van der Waals surface area contributed by atoms with Crippen molar-refractivity contribution in [2.24, 2.45) is 7.05 Å². The Labute approximate surface area is 153 Å². The number of aromatic nitrogens is 3. The molecule has 6 nitrogen and oxygen atoms in total. The molecule has 2 heterocycles. The van der Waals surface area contributed by atoms with Crippen LogP contribution in [0.1, 0.15) is 26.5 Å². The van der Waals surface area contributed by atoms with E-state index in [0.29, 0.717) is 11.6 Å². The van der Waals surface area contributed by atoms with E-state index in [1.54, 1.807) is 6.20 Å². The van der Waals surface area contributed by atoms with Crippen LogP contribution < -0.4 is 10.9 Å². The first-order chi connectivity index (χ1) is 11.9. The molecular weight excluding hydrogens is 360 g/mol. The van der Waals surface area contributed by atoms with Crippen LogP contribution in [-0.2, 0) is 13.5 Å². The van der Waals surface area contributed by atoms with E-state index in [1.165, 1.54) is 30.5 Å². The molecule has 0 radical (unpaired) electrons. The lowest BCUT2D eigenvalue weighted by molar-refractivity contribution is 0.102. The summed E-state index contributed by atoms with van der Waals surface area (Å²) in [5, 5.41) is 7.83. The van der Waals surface area contributed by atoms with Crippen LogP contribution in [0.15, 0.2) is 41.3 Å². The fraction of sp³-hybridized carbons (Fsp3) is 0.176. The zero-order valence-electron chi connectivity index (χ0n) is 13.6. The van der Waals surface area contributed by atoms with Gasteiger partial charge in [0.25, 0.3) is 11.5 Å². The Kier molecular flexibility index (Phi) is 4.96. The van der Waals surface area contributed by atoms with Crippen molar-refractivity contribution in [3.05, 3.63) is 73.6 Å². The highest BCUT2D eigenvalue weighted by Gasteiger charge is 2.12. The second kappa shape index (κ2) is 7.16. The predicted octanol–water partition coefficient (Wildman–Crippen LogP) is 3.04. The number of rotatable bonds is 4. The third kappa shape index (κ3) is 3.94. The minimum atomic E-state index is -0.412. The van der Waals surface area contributed by atoms with Gasteiger partial charge in [0, 0.05) is 35.6 Å². The molecule has 0 bridgehead atoms. The number of hydrogen-bond acceptors (Lipinski definition) is 5. The zero-order valence-corrected chi connectivity index (χ0v) is 15.2. The van der Waals surface area contributed by atoms with Gasteiger partial charge in [0.2, 0.25) is 0 Å². The van der Waals surface area contributed by atoms with E-state index in [4.69, 9.17) is 11.6 Å². The van der Waals surface area contributed by atoms with Crippen LogP contribution in [0, 0.1) is 6.92 Å². The number of nitrogens with one attached hydrogen (secondary N) is 1. The molecule has 0 saturated heterocycles. The Hall–Kier alpha value is -2.51. The lowest BCUT2D eigenvalue weighted by Crippen LogP contribution is -2.23. The van der Waals surface area contributed by atoms with Crippen molar-refractivity contribution in [2.75, 3.05) is 5.32 Å². The van der Waals surface area contributed by atoms with Gasteiger partial charge >= 0.3 is 0 Å². The quantitative estimate of drug-likeness (QED) is 0.761. The van der Waals surface area contributed by atoms with Crippen molar-refractivity contribution in [2.45, 2.75) is 13.3 Å². The van der Waals surface area contributed by atoms with Crippen LogP contribution in [-0.4, -0.2) is 20.7 Å². The summed E-state index contributed by atoms with van der Waals surface area (Å²) in [4.78, 5) is 28.7. The minimum Gasteiger partial charge on any atom is -0.296 e. The topological polar surface area (TPSA) is 76.9 Å². The number of anilines is 1. The third-order valence-electron chi connectivity index (χ3n) is 3.60. The molecule has 0 aliphatic rings. The summed E-state index contributed by atoms with van der Waals surface area (Å²) in [6.07, 6.45) is 2.36. The molecule has 1 N–H and O–H groups in total. The summed E-state index contributed by atoms with van der Waals surface area (Å²) in [5.41, 5.74) is 1.92. The monoisotopic (exact) mass is 374 g/mol. The third-order valence-corrected chi connectivity index (χ3v) is 5.06. The molecule has 0 spiro atoms. The van der Waals surface area contributed by atoms with Gasteiger partial charge in [-0.2, -0.15) is 5.10 Å². The molecule has 3 rings (SSSR count). The number of nitrogens with zero attached hydrogens (tertiary/aromatic N) is 3. The van der Waals surface area contributed by atoms with Crippen molar-refractivity contribution < 1.29 is 4.79 Å². The molecule has 0 aliphatic carbocycles. The first kappa shape index (κ1) is 17.3. The number of aryl methyl sites for hydroxylation is 2. The normalized spacial score (nSPS) is 10.7. The molecule has 8 heteroatoms. The van der Waals surface area contributed by atoms with E-state index in [1.807, 2.05) is 25.1 Å². The summed E-state index contributed by atoms with van der Waals surface area (Å²) in [6, 6.07) is 8.59. The van der Waals surface area contributed by atoms with Crippen molar-refractivity contribution >= 4 is 34.0 Å². The SMILES string of the molecule is Cc1cccc(Cc2cnc(NC(=O)c3ccc(=O)n(C)n3)s2)c1Cl. The van der Waals surface area contributed by atoms with Crippen LogP contribution in [0.2, 0.25) is 5.02 Å². The Morgan fingerprint density at radius 3 is 2.88 bits per heavy atom. The van der Waals surface area contributed by atoms with E-state index in [-0.39, 0.29) is 11.3 Å². The van der Waals surface area contributed by atoms with Gasteiger partial charge in [-0.1, -0.05) is 29.8 Å². The second-order valence-electron chi connectivity index (χ2n) is 5.49. The minimum absolute atomic E-state index is 0.153. The Morgan fingerprint density at radius 2 is 2.12 bits per heavy atom. The summed E-state index contributed by atoms with van der Waals surface area (Å²) < 4.78 is 1.11. The largest absolute Gasteiger partial charge is 0.296 e. The molecule has 1 amide bonds. The van der Waals surface area contributed by atoms with E-state index < -0.39 is 5.91 Å². The first-order valence-electron chi connectivity index (χ1n) is 7.48. The van der Waals surface area contributed by atoms with E-state index >= 15 is 0 Å². The van der Waals surface area contributed by atoms with Crippen LogP contribution in [0.4, 0.5) is 5.13 Å². The van der Waals surface area contributed by atoms with Gasteiger partial charge < -0.3 is 0 Å². The maximum atomic E-state index is 12.2. The Balaban J connectivity index is 1.73. The molecule has 3 aromatic rings. The van der Waals surface area contributed by atoms with Crippen molar-refractivity contribution in [3.63, 3.8) is 0 Å². The standard InChI is InChI=1S/C17H15ClN4O2S/c1-10-4-3-5-11(15(10)18)8-12-9-19-17(25-12)20-16(24)13-6-7-14(23)22(2)21-13/h3-7,9H,8H2,1-2H3,(H,19,20,24). The molecule has 2 aromatic heterocycles. The van der Waals surface area contributed by atoms with E-state index in [9.17, 15) is 9.59 Å². The number of halogens is 1. The first-order valence-corrected chi connectivity index (χ1v) is 8.68. The zero-order chi connectivity index (χ0) is 18.0. The van der Waals surface area contributed by atoms with Crippen LogP contribution >= 0.6 is 22.9 Å². The number of thiazole rings is 1. The summed E-state index contributed by atoms with van der Waals surface area (Å²) in [7, 11) is 1.49. The molecule has 0 aliphatic heterocycles. The lowest BCUT2D eigenvalue weighted by atomic mass is 10.1. The molecule has 0 unspecified atom stereocenters. The summed E-state index contributed by atoms with van der Waals surface area (Å²) in [6.45, 7) is 1.96. The molecule has 25 heavy (non-hydrogen) atoms. The molecule has 0 fully saturated rings. The highest BCUT2D eigenvalue weighted by atomic mass is 35.5.